The second-order valence-corrected chi connectivity index (χ2v) is 4.25. The molecular weight excluding hydrogens is 206 g/mol. The Morgan fingerprint density at radius 3 is 3.06 bits per heavy atom. The Morgan fingerprint density at radius 2 is 2.38 bits per heavy atom. The van der Waals surface area contributed by atoms with Gasteiger partial charge in [-0.1, -0.05) is 0 Å². The lowest BCUT2D eigenvalue weighted by molar-refractivity contribution is -0.670. The molecule has 0 N–H and O–H groups in total. The van der Waals surface area contributed by atoms with Crippen molar-refractivity contribution in [1.29, 1.82) is 0 Å². The summed E-state index contributed by atoms with van der Waals surface area (Å²) < 4.78 is 8.98. The molecule has 1 fully saturated rings. The monoisotopic (exact) mass is 224 g/mol. The van der Waals surface area contributed by atoms with Crippen LogP contribution in [0.25, 0.3) is 0 Å². The second-order valence-electron chi connectivity index (χ2n) is 4.25. The van der Waals surface area contributed by atoms with E-state index in [0.717, 1.165) is 19.6 Å². The van der Waals surface area contributed by atoms with Crippen LogP contribution in [-0.2, 0) is 11.8 Å². The minimum Gasteiger partial charge on any atom is -0.377 e. The number of hydrogen-bond donors (Lipinski definition) is 0. The van der Waals surface area contributed by atoms with E-state index in [0.29, 0.717) is 6.54 Å². The van der Waals surface area contributed by atoms with Crippen molar-refractivity contribution in [3.8, 4) is 0 Å². The molecule has 2 rings (SSSR count). The number of rotatable bonds is 0. The van der Waals surface area contributed by atoms with Crippen molar-refractivity contribution in [3.05, 3.63) is 18.7 Å². The third kappa shape index (κ3) is 2.41. The van der Waals surface area contributed by atoms with Gasteiger partial charge in [0.1, 0.15) is 12.4 Å². The van der Waals surface area contributed by atoms with Crippen LogP contribution in [0.15, 0.2) is 18.7 Å². The molecule has 1 aromatic rings. The molecule has 1 amide bonds. The van der Waals surface area contributed by atoms with E-state index in [1.807, 2.05) is 29.6 Å². The maximum Gasteiger partial charge on any atom is 0.415 e. The highest BCUT2D eigenvalue weighted by Gasteiger charge is 2.24. The number of ether oxygens (including phenoxy) is 1. The van der Waals surface area contributed by atoms with Crippen molar-refractivity contribution in [3.63, 3.8) is 0 Å². The molecule has 0 aromatic carbocycles. The van der Waals surface area contributed by atoms with Gasteiger partial charge in [-0.2, -0.15) is 4.57 Å². The fraction of sp³-hybridized carbons (Fsp3) is 0.636. The molecule has 0 spiro atoms. The van der Waals surface area contributed by atoms with Gasteiger partial charge in [-0.15, -0.1) is 0 Å². The summed E-state index contributed by atoms with van der Waals surface area (Å²) in [5.41, 5.74) is 0. The number of amides is 1. The summed E-state index contributed by atoms with van der Waals surface area (Å²) in [7, 11) is 1.90. The van der Waals surface area contributed by atoms with Crippen LogP contribution in [-0.4, -0.2) is 41.3 Å². The summed E-state index contributed by atoms with van der Waals surface area (Å²) in [5.74, 6) is 0. The van der Waals surface area contributed by atoms with Crippen molar-refractivity contribution in [2.45, 2.75) is 19.4 Å². The van der Waals surface area contributed by atoms with E-state index in [2.05, 4.69) is 0 Å². The first-order chi connectivity index (χ1) is 7.66. The standard InChI is InChI=1S/C11H18N3O2/c1-10-8-13(4-3-7-16-10)11(15)14-6-5-12(2)9-14/h5-6,9-10H,3-4,7-8H2,1-2H3/q+1. The van der Waals surface area contributed by atoms with Crippen LogP contribution in [0.2, 0.25) is 0 Å². The summed E-state index contributed by atoms with van der Waals surface area (Å²) in [6, 6.07) is 0.0259. The molecule has 88 valence electrons. The maximum absolute atomic E-state index is 12.1. The smallest absolute Gasteiger partial charge is 0.377 e. The molecule has 16 heavy (non-hydrogen) atoms. The van der Waals surface area contributed by atoms with E-state index in [-0.39, 0.29) is 12.1 Å². The fourth-order valence-corrected chi connectivity index (χ4v) is 1.89. The SMILES string of the molecule is CC1CN(C(=O)n2cc[n+](C)c2)CCCO1. The van der Waals surface area contributed by atoms with Crippen molar-refractivity contribution >= 4 is 6.03 Å². The van der Waals surface area contributed by atoms with Crippen LogP contribution >= 0.6 is 0 Å². The number of nitrogens with zero attached hydrogens (tertiary/aromatic N) is 3. The molecule has 0 aliphatic carbocycles. The largest absolute Gasteiger partial charge is 0.415 e. The number of aryl methyl sites for hydroxylation is 1. The minimum absolute atomic E-state index is 0.0259. The summed E-state index contributed by atoms with van der Waals surface area (Å²) >= 11 is 0. The second kappa shape index (κ2) is 4.65. The molecule has 1 aliphatic heterocycles. The Labute approximate surface area is 95.2 Å². The van der Waals surface area contributed by atoms with Crippen LogP contribution in [0.5, 0.6) is 0 Å². The number of carbonyl (C=O) groups is 1. The topological polar surface area (TPSA) is 38.4 Å². The molecule has 0 saturated carbocycles. The number of aromatic nitrogens is 2. The quantitative estimate of drug-likeness (QED) is 0.598. The van der Waals surface area contributed by atoms with Gasteiger partial charge in [0.15, 0.2) is 0 Å². The summed E-state index contributed by atoms with van der Waals surface area (Å²) in [4.78, 5) is 14.0. The zero-order valence-electron chi connectivity index (χ0n) is 9.80. The lowest BCUT2D eigenvalue weighted by atomic mass is 10.3. The average Bonchev–Trinajstić information content (AvgIpc) is 2.56. The van der Waals surface area contributed by atoms with Crippen LogP contribution < -0.4 is 4.57 Å². The predicted octanol–water partition coefficient (Wildman–Crippen LogP) is 0.391. The Kier molecular flexibility index (Phi) is 3.24. The molecule has 5 nitrogen and oxygen atoms in total. The van der Waals surface area contributed by atoms with Crippen molar-refractivity contribution in [2.75, 3.05) is 19.7 Å². The Bertz CT molecular complexity index is 375. The highest BCUT2D eigenvalue weighted by molar-refractivity contribution is 5.76. The number of imidazole rings is 1. The zero-order chi connectivity index (χ0) is 11.5. The van der Waals surface area contributed by atoms with Crippen LogP contribution in [0.4, 0.5) is 4.79 Å². The van der Waals surface area contributed by atoms with Crippen LogP contribution in [0.1, 0.15) is 13.3 Å². The average molecular weight is 224 g/mol. The Hall–Kier alpha value is -1.36. The molecule has 5 heteroatoms. The van der Waals surface area contributed by atoms with E-state index in [1.165, 1.54) is 0 Å². The molecule has 0 bridgehead atoms. The van der Waals surface area contributed by atoms with Crippen molar-refractivity contribution in [2.24, 2.45) is 7.05 Å². The van der Waals surface area contributed by atoms with Gasteiger partial charge in [-0.3, -0.25) is 0 Å². The van der Waals surface area contributed by atoms with Gasteiger partial charge in [0, 0.05) is 13.2 Å². The van der Waals surface area contributed by atoms with Crippen LogP contribution in [0.3, 0.4) is 0 Å². The third-order valence-corrected chi connectivity index (χ3v) is 2.71. The normalized spacial score (nSPS) is 21.9. The van der Waals surface area contributed by atoms with E-state index in [4.69, 9.17) is 4.74 Å². The van der Waals surface area contributed by atoms with Gasteiger partial charge in [0.2, 0.25) is 0 Å². The zero-order valence-corrected chi connectivity index (χ0v) is 9.80. The minimum atomic E-state index is 0.0259. The highest BCUT2D eigenvalue weighted by atomic mass is 16.5. The van der Waals surface area contributed by atoms with E-state index in [9.17, 15) is 4.79 Å². The van der Waals surface area contributed by atoms with E-state index in [1.54, 1.807) is 17.1 Å². The molecule has 1 saturated heterocycles. The predicted molar refractivity (Wildman–Crippen MR) is 58.0 cm³/mol. The third-order valence-electron chi connectivity index (χ3n) is 2.71. The maximum atomic E-state index is 12.1. The molecule has 1 aliphatic rings. The Balaban J connectivity index is 2.08. The van der Waals surface area contributed by atoms with Crippen LogP contribution in [0, 0.1) is 0 Å². The summed E-state index contributed by atoms with van der Waals surface area (Å²) in [5, 5.41) is 0. The van der Waals surface area contributed by atoms with Gasteiger partial charge in [-0.25, -0.2) is 9.36 Å². The lowest BCUT2D eigenvalue weighted by Crippen LogP contribution is -2.39. The van der Waals surface area contributed by atoms with Gasteiger partial charge in [-0.05, 0) is 13.3 Å². The molecule has 2 heterocycles. The first kappa shape index (κ1) is 11.1. The van der Waals surface area contributed by atoms with Gasteiger partial charge in [0.05, 0.1) is 19.7 Å². The first-order valence-electron chi connectivity index (χ1n) is 5.61. The first-order valence-corrected chi connectivity index (χ1v) is 5.61. The van der Waals surface area contributed by atoms with Gasteiger partial charge >= 0.3 is 6.03 Å². The van der Waals surface area contributed by atoms with E-state index < -0.39 is 0 Å². The highest BCUT2D eigenvalue weighted by Crippen LogP contribution is 2.07. The summed E-state index contributed by atoms with van der Waals surface area (Å²) in [6.07, 6.45) is 6.44. The van der Waals surface area contributed by atoms with Crippen molar-refractivity contribution < 1.29 is 14.1 Å². The lowest BCUT2D eigenvalue weighted by Gasteiger charge is -2.18. The van der Waals surface area contributed by atoms with E-state index >= 15 is 0 Å². The van der Waals surface area contributed by atoms with Gasteiger partial charge in [0.25, 0.3) is 6.33 Å². The Morgan fingerprint density at radius 1 is 1.56 bits per heavy atom. The van der Waals surface area contributed by atoms with Gasteiger partial charge < -0.3 is 9.64 Å². The molecule has 1 atom stereocenters. The number of carbonyl (C=O) groups excluding carboxylic acids is 1. The molecule has 1 aromatic heterocycles. The molecular formula is C11H18N3O2+. The molecule has 0 radical (unpaired) electrons. The molecule has 1 unspecified atom stereocenters. The summed E-state index contributed by atoms with van der Waals surface area (Å²) in [6.45, 7) is 4.18. The number of hydrogen-bond acceptors (Lipinski definition) is 2. The fourth-order valence-electron chi connectivity index (χ4n) is 1.89. The van der Waals surface area contributed by atoms with Crippen molar-refractivity contribution in [1.82, 2.24) is 9.47 Å².